The monoisotopic (exact) mass is 312 g/mol. The van der Waals surface area contributed by atoms with E-state index >= 15 is 0 Å². The summed E-state index contributed by atoms with van der Waals surface area (Å²) in [6.07, 6.45) is 0.731. The topological polar surface area (TPSA) is 58.6 Å². The molecule has 118 valence electrons. The predicted molar refractivity (Wildman–Crippen MR) is 84.4 cm³/mol. The molecule has 1 aromatic carbocycles. The lowest BCUT2D eigenvalue weighted by Crippen LogP contribution is -2.35. The Bertz CT molecular complexity index is 560. The molecule has 1 aliphatic rings. The van der Waals surface area contributed by atoms with Crippen molar-refractivity contribution in [2.24, 2.45) is 0 Å². The van der Waals surface area contributed by atoms with E-state index in [1.165, 1.54) is 0 Å². The quantitative estimate of drug-likeness (QED) is 0.811. The number of ether oxygens (including phenoxy) is 1. The molecule has 1 saturated heterocycles. The lowest BCUT2D eigenvalue weighted by atomic mass is 10.2. The fourth-order valence-corrected chi connectivity index (χ4v) is 4.39. The zero-order chi connectivity index (χ0) is 15.3. The normalized spacial score (nSPS) is 20.8. The average molecular weight is 312 g/mol. The van der Waals surface area contributed by atoms with Crippen molar-refractivity contribution < 1.29 is 13.2 Å². The second-order valence-electron chi connectivity index (χ2n) is 5.52. The van der Waals surface area contributed by atoms with Gasteiger partial charge >= 0.3 is 0 Å². The van der Waals surface area contributed by atoms with Crippen molar-refractivity contribution in [1.82, 2.24) is 10.2 Å². The molecule has 2 rings (SSSR count). The second-order valence-corrected chi connectivity index (χ2v) is 7.75. The Labute approximate surface area is 127 Å². The Morgan fingerprint density at radius 1 is 1.38 bits per heavy atom. The number of hydrogen-bond acceptors (Lipinski definition) is 5. The van der Waals surface area contributed by atoms with Crippen LogP contribution in [0.5, 0.6) is 5.75 Å². The number of nitrogens with zero attached hydrogens (tertiary/aromatic N) is 1. The molecule has 1 atom stereocenters. The van der Waals surface area contributed by atoms with Crippen molar-refractivity contribution in [2.45, 2.75) is 19.0 Å². The Balaban J connectivity index is 1.82. The van der Waals surface area contributed by atoms with E-state index in [2.05, 4.69) is 10.2 Å². The molecule has 1 unspecified atom stereocenters. The summed E-state index contributed by atoms with van der Waals surface area (Å²) in [5.74, 6) is 1.48. The minimum atomic E-state index is -2.82. The van der Waals surface area contributed by atoms with Crippen LogP contribution in [-0.2, 0) is 16.4 Å². The molecule has 6 heteroatoms. The summed E-state index contributed by atoms with van der Waals surface area (Å²) in [6, 6.07) is 8.09. The van der Waals surface area contributed by atoms with Crippen LogP contribution in [0.15, 0.2) is 24.3 Å². The van der Waals surface area contributed by atoms with E-state index in [1.807, 2.05) is 38.4 Å². The van der Waals surface area contributed by atoms with Crippen LogP contribution in [0, 0.1) is 0 Å². The smallest absolute Gasteiger partial charge is 0.151 e. The van der Waals surface area contributed by atoms with Crippen LogP contribution in [0.1, 0.15) is 12.0 Å². The molecule has 0 aliphatic carbocycles. The van der Waals surface area contributed by atoms with Crippen LogP contribution in [0.4, 0.5) is 0 Å². The molecule has 0 radical (unpaired) electrons. The molecular weight excluding hydrogens is 288 g/mol. The Morgan fingerprint density at radius 3 is 2.81 bits per heavy atom. The van der Waals surface area contributed by atoms with Gasteiger partial charge in [-0.05, 0) is 26.6 Å². The van der Waals surface area contributed by atoms with Gasteiger partial charge in [0.25, 0.3) is 0 Å². The Kier molecular flexibility index (Phi) is 5.61. The third-order valence-electron chi connectivity index (χ3n) is 3.87. The molecule has 1 aromatic rings. The summed E-state index contributed by atoms with van der Waals surface area (Å²) >= 11 is 0. The van der Waals surface area contributed by atoms with Gasteiger partial charge in [-0.1, -0.05) is 18.2 Å². The van der Waals surface area contributed by atoms with Gasteiger partial charge in [0.2, 0.25) is 0 Å². The second kappa shape index (κ2) is 7.24. The number of benzene rings is 1. The zero-order valence-corrected chi connectivity index (χ0v) is 13.5. The first kappa shape index (κ1) is 16.3. The number of nitrogens with one attached hydrogen (secondary N) is 1. The molecule has 1 fully saturated rings. The number of hydrogen-bond donors (Lipinski definition) is 1. The number of rotatable bonds is 7. The molecule has 0 aromatic heterocycles. The summed E-state index contributed by atoms with van der Waals surface area (Å²) in [6.45, 7) is 2.06. The summed E-state index contributed by atoms with van der Waals surface area (Å²) < 4.78 is 28.8. The fraction of sp³-hybridized carbons (Fsp3) is 0.600. The largest absolute Gasteiger partial charge is 0.492 e. The van der Waals surface area contributed by atoms with Gasteiger partial charge in [0.05, 0.1) is 11.5 Å². The van der Waals surface area contributed by atoms with Gasteiger partial charge in [-0.25, -0.2) is 8.42 Å². The van der Waals surface area contributed by atoms with Gasteiger partial charge in [0, 0.05) is 24.7 Å². The highest BCUT2D eigenvalue weighted by molar-refractivity contribution is 7.91. The number of para-hydroxylation sites is 1. The lowest BCUT2D eigenvalue weighted by Gasteiger charge is -2.23. The van der Waals surface area contributed by atoms with E-state index in [9.17, 15) is 8.42 Å². The van der Waals surface area contributed by atoms with Gasteiger partial charge in [-0.2, -0.15) is 0 Å². The van der Waals surface area contributed by atoms with E-state index in [1.54, 1.807) is 0 Å². The van der Waals surface area contributed by atoms with E-state index < -0.39 is 9.84 Å². The lowest BCUT2D eigenvalue weighted by molar-refractivity contribution is 0.201. The number of sulfone groups is 1. The maximum absolute atomic E-state index is 11.5. The van der Waals surface area contributed by atoms with Gasteiger partial charge in [0.15, 0.2) is 9.84 Å². The average Bonchev–Trinajstić information content (AvgIpc) is 2.81. The van der Waals surface area contributed by atoms with Crippen molar-refractivity contribution in [1.29, 1.82) is 0 Å². The molecule has 1 N–H and O–H groups in total. The molecule has 1 heterocycles. The molecule has 0 bridgehead atoms. The van der Waals surface area contributed by atoms with Crippen molar-refractivity contribution in [3.63, 3.8) is 0 Å². The van der Waals surface area contributed by atoms with E-state index in [-0.39, 0.29) is 11.8 Å². The first-order chi connectivity index (χ1) is 10.0. The van der Waals surface area contributed by atoms with Crippen LogP contribution in [-0.4, -0.2) is 58.1 Å². The summed E-state index contributed by atoms with van der Waals surface area (Å²) in [5.41, 5.74) is 1.13. The van der Waals surface area contributed by atoms with Crippen LogP contribution < -0.4 is 10.1 Å². The molecular formula is C15H24N2O3S. The maximum atomic E-state index is 11.5. The summed E-state index contributed by atoms with van der Waals surface area (Å²) in [5, 5.41) is 3.12. The molecule has 1 aliphatic heterocycles. The molecule has 0 saturated carbocycles. The molecule has 5 nitrogen and oxygen atoms in total. The third-order valence-corrected chi connectivity index (χ3v) is 5.62. The van der Waals surface area contributed by atoms with Crippen LogP contribution in [0.25, 0.3) is 0 Å². The first-order valence-corrected chi connectivity index (χ1v) is 9.10. The van der Waals surface area contributed by atoms with Crippen LogP contribution in [0.3, 0.4) is 0 Å². The number of likely N-dealkylation sites (N-methyl/N-ethyl adjacent to an activating group) is 1. The zero-order valence-electron chi connectivity index (χ0n) is 12.7. The van der Waals surface area contributed by atoms with Crippen LogP contribution >= 0.6 is 0 Å². The minimum Gasteiger partial charge on any atom is -0.492 e. The molecule has 0 amide bonds. The van der Waals surface area contributed by atoms with Crippen molar-refractivity contribution in [2.75, 3.05) is 38.8 Å². The summed E-state index contributed by atoms with van der Waals surface area (Å²) in [4.78, 5) is 2.09. The molecule has 0 spiro atoms. The highest BCUT2D eigenvalue weighted by atomic mass is 32.2. The highest BCUT2D eigenvalue weighted by Crippen LogP contribution is 2.19. The third kappa shape index (κ3) is 4.69. The van der Waals surface area contributed by atoms with Gasteiger partial charge in [0.1, 0.15) is 12.4 Å². The Hall–Kier alpha value is -1.11. The van der Waals surface area contributed by atoms with E-state index in [0.29, 0.717) is 12.4 Å². The van der Waals surface area contributed by atoms with Crippen LogP contribution in [0.2, 0.25) is 0 Å². The first-order valence-electron chi connectivity index (χ1n) is 7.28. The van der Waals surface area contributed by atoms with E-state index in [0.717, 1.165) is 30.8 Å². The highest BCUT2D eigenvalue weighted by Gasteiger charge is 2.30. The van der Waals surface area contributed by atoms with Crippen molar-refractivity contribution >= 4 is 9.84 Å². The van der Waals surface area contributed by atoms with Gasteiger partial charge in [-0.3, -0.25) is 4.90 Å². The van der Waals surface area contributed by atoms with Gasteiger partial charge < -0.3 is 10.1 Å². The summed E-state index contributed by atoms with van der Waals surface area (Å²) in [7, 11) is 1.05. The Morgan fingerprint density at radius 2 is 2.14 bits per heavy atom. The fourth-order valence-electron chi connectivity index (χ4n) is 2.59. The SMILES string of the molecule is CNCc1ccccc1OCCN(C)C1CCS(=O)(=O)C1. The van der Waals surface area contributed by atoms with Crippen molar-refractivity contribution in [3.05, 3.63) is 29.8 Å². The standard InChI is InChI=1S/C15H24N2O3S/c1-16-11-13-5-3-4-6-15(13)20-9-8-17(2)14-7-10-21(18,19)12-14/h3-6,14,16H,7-12H2,1-2H3. The van der Waals surface area contributed by atoms with Crippen molar-refractivity contribution in [3.8, 4) is 5.75 Å². The maximum Gasteiger partial charge on any atom is 0.151 e. The van der Waals surface area contributed by atoms with E-state index in [4.69, 9.17) is 4.74 Å². The minimum absolute atomic E-state index is 0.131. The van der Waals surface area contributed by atoms with Gasteiger partial charge in [-0.15, -0.1) is 0 Å². The predicted octanol–water partition coefficient (Wildman–Crippen LogP) is 0.904. The molecule has 21 heavy (non-hydrogen) atoms.